The summed E-state index contributed by atoms with van der Waals surface area (Å²) >= 11 is 0. The Morgan fingerprint density at radius 2 is 1.00 bits per heavy atom. The van der Waals surface area contributed by atoms with Crippen molar-refractivity contribution < 1.29 is 32.7 Å². The van der Waals surface area contributed by atoms with Gasteiger partial charge in [0.05, 0.1) is 0 Å². The number of nitrogens with zero attached hydrogens (tertiary/aromatic N) is 1. The van der Waals surface area contributed by atoms with Gasteiger partial charge in [-0.25, -0.2) is 0 Å². The van der Waals surface area contributed by atoms with E-state index in [9.17, 15) is 0 Å². The molecular formula is C36H24BNY-2. The minimum Gasteiger partial charge on any atom is -0.366 e. The number of hydrogen-bond donors (Lipinski definition) is 0. The molecule has 0 amide bonds. The molecule has 0 unspecified atom stereocenters. The van der Waals surface area contributed by atoms with E-state index in [0.29, 0.717) is 0 Å². The number of fused-ring (bicyclic) bond motifs is 2. The smallest absolute Gasteiger partial charge is 0.197 e. The molecule has 0 saturated carbocycles. The minimum atomic E-state index is -0.0334. The Bertz CT molecular complexity index is 1720. The summed E-state index contributed by atoms with van der Waals surface area (Å²) in [5.74, 6) is 0. The fraction of sp³-hybridized carbons (Fsp3) is 0. The van der Waals surface area contributed by atoms with Crippen molar-refractivity contribution in [2.24, 2.45) is 0 Å². The van der Waals surface area contributed by atoms with Crippen molar-refractivity contribution in [2.75, 3.05) is 4.90 Å². The molecule has 1 heterocycles. The Hall–Kier alpha value is -3.71. The van der Waals surface area contributed by atoms with Crippen LogP contribution < -0.4 is 21.3 Å². The number of hydrogen-bond acceptors (Lipinski definition) is 1. The van der Waals surface area contributed by atoms with Crippen molar-refractivity contribution in [3.8, 4) is 22.3 Å². The Balaban J connectivity index is 0.00000277. The number of benzene rings is 6. The fourth-order valence-corrected chi connectivity index (χ4v) is 5.76. The summed E-state index contributed by atoms with van der Waals surface area (Å²) < 4.78 is 0. The summed E-state index contributed by atoms with van der Waals surface area (Å²) in [6, 6.07) is 58.7. The van der Waals surface area contributed by atoms with Crippen LogP contribution in [-0.2, 0) is 32.7 Å². The van der Waals surface area contributed by atoms with E-state index in [1.165, 1.54) is 38.9 Å². The normalized spacial score (nSPS) is 11.8. The van der Waals surface area contributed by atoms with Gasteiger partial charge in [-0.15, -0.1) is 11.6 Å². The van der Waals surface area contributed by atoms with Crippen LogP contribution >= 0.6 is 0 Å². The van der Waals surface area contributed by atoms with Crippen LogP contribution in [0.15, 0.2) is 146 Å². The quantitative estimate of drug-likeness (QED) is 0.164. The molecule has 6 aromatic carbocycles. The van der Waals surface area contributed by atoms with Crippen molar-refractivity contribution in [3.63, 3.8) is 0 Å². The largest absolute Gasteiger partial charge is 0.366 e. The average Bonchev–Trinajstić information content (AvgIpc) is 3.01. The van der Waals surface area contributed by atoms with E-state index in [2.05, 4.69) is 150 Å². The van der Waals surface area contributed by atoms with E-state index < -0.39 is 0 Å². The Morgan fingerprint density at radius 1 is 0.462 bits per heavy atom. The molecule has 181 valence electrons. The predicted molar refractivity (Wildman–Crippen MR) is 161 cm³/mol. The van der Waals surface area contributed by atoms with Crippen LogP contribution in [0.3, 0.4) is 0 Å². The van der Waals surface area contributed by atoms with E-state index in [-0.39, 0.29) is 39.4 Å². The van der Waals surface area contributed by atoms with Gasteiger partial charge in [-0.1, -0.05) is 102 Å². The topological polar surface area (TPSA) is 3.24 Å². The van der Waals surface area contributed by atoms with Crippen LogP contribution in [0.2, 0.25) is 0 Å². The number of anilines is 3. The second-order valence-electron chi connectivity index (χ2n) is 9.54. The maximum Gasteiger partial charge on any atom is 0.197 e. The first-order valence-corrected chi connectivity index (χ1v) is 13.0. The summed E-state index contributed by atoms with van der Waals surface area (Å²) in [5, 5.41) is 0. The molecule has 0 fully saturated rings. The molecule has 0 saturated heterocycles. The van der Waals surface area contributed by atoms with Crippen molar-refractivity contribution in [1.82, 2.24) is 0 Å². The predicted octanol–water partition coefficient (Wildman–Crippen LogP) is 6.92. The third kappa shape index (κ3) is 4.59. The molecule has 0 bridgehead atoms. The first-order valence-electron chi connectivity index (χ1n) is 13.0. The summed E-state index contributed by atoms with van der Waals surface area (Å²) in [6.45, 7) is -0.0334. The molecule has 0 spiro atoms. The molecule has 1 aliphatic rings. The molecule has 3 heteroatoms. The van der Waals surface area contributed by atoms with E-state index >= 15 is 0 Å². The van der Waals surface area contributed by atoms with Gasteiger partial charge in [0.1, 0.15) is 0 Å². The van der Waals surface area contributed by atoms with E-state index in [4.69, 9.17) is 0 Å². The number of rotatable bonds is 4. The van der Waals surface area contributed by atoms with E-state index in [1.54, 1.807) is 0 Å². The van der Waals surface area contributed by atoms with Crippen LogP contribution in [0.1, 0.15) is 0 Å². The third-order valence-electron chi connectivity index (χ3n) is 7.37. The maximum atomic E-state index is 3.68. The summed E-state index contributed by atoms with van der Waals surface area (Å²) in [5.41, 5.74) is 11.9. The van der Waals surface area contributed by atoms with Gasteiger partial charge in [0.2, 0.25) is 0 Å². The monoisotopic (exact) mass is 570 g/mol. The molecule has 1 nitrogen and oxygen atoms in total. The van der Waals surface area contributed by atoms with Crippen LogP contribution in [0.25, 0.3) is 22.3 Å². The molecule has 6 aromatic rings. The zero-order valence-corrected chi connectivity index (χ0v) is 24.3. The fourth-order valence-electron chi connectivity index (χ4n) is 5.76. The van der Waals surface area contributed by atoms with Crippen LogP contribution in [0.5, 0.6) is 0 Å². The molecule has 0 aliphatic carbocycles. The van der Waals surface area contributed by atoms with Crippen molar-refractivity contribution in [3.05, 3.63) is 158 Å². The first-order chi connectivity index (χ1) is 18.9. The molecule has 0 N–H and O–H groups in total. The number of para-hydroxylation sites is 1. The molecule has 39 heavy (non-hydrogen) atoms. The summed E-state index contributed by atoms with van der Waals surface area (Å²) in [7, 11) is 0. The van der Waals surface area contributed by atoms with Crippen LogP contribution in [0, 0.1) is 12.1 Å². The SMILES string of the molecule is [Y].[c-]1cccc(-c2ccccc2)c1B1c2[c-]cccc2N(c2ccccc2)c2cccc(-c3ccccc3)c21. The standard InChI is InChI=1S/C36H24BN.Y/c1-4-15-27(16-5-1)30-21-10-11-23-32(30)37-33-24-12-13-25-34(33)38(29-19-8-3-9-20-29)35-26-14-22-31(36(35)37)28-17-6-2-7-18-28;/h1-22,25-26H;/q-2;. The van der Waals surface area contributed by atoms with Gasteiger partial charge >= 0.3 is 0 Å². The van der Waals surface area contributed by atoms with E-state index in [0.717, 1.165) is 16.8 Å². The second kappa shape index (κ2) is 11.2. The molecule has 1 aliphatic heterocycles. The van der Waals surface area contributed by atoms with Crippen LogP contribution in [0.4, 0.5) is 17.1 Å². The Kier molecular flexibility index (Phi) is 7.33. The Morgan fingerprint density at radius 3 is 1.69 bits per heavy atom. The molecule has 7 rings (SSSR count). The van der Waals surface area contributed by atoms with Gasteiger partial charge in [0.15, 0.2) is 6.71 Å². The average molecular weight is 570 g/mol. The second-order valence-corrected chi connectivity index (χ2v) is 9.54. The molecule has 0 atom stereocenters. The van der Waals surface area contributed by atoms with Gasteiger partial charge < -0.3 is 4.90 Å². The van der Waals surface area contributed by atoms with Gasteiger partial charge in [-0.05, 0) is 34.8 Å². The maximum absolute atomic E-state index is 3.68. The van der Waals surface area contributed by atoms with Crippen LogP contribution in [-0.4, -0.2) is 6.71 Å². The van der Waals surface area contributed by atoms with Gasteiger partial charge in [0, 0.05) is 44.1 Å². The zero-order chi connectivity index (χ0) is 25.3. The zero-order valence-electron chi connectivity index (χ0n) is 21.5. The first kappa shape index (κ1) is 25.6. The molecular weight excluding hydrogens is 546 g/mol. The van der Waals surface area contributed by atoms with Gasteiger partial charge in [-0.2, -0.15) is 53.4 Å². The van der Waals surface area contributed by atoms with Gasteiger partial charge in [-0.3, -0.25) is 0 Å². The van der Waals surface area contributed by atoms with E-state index in [1.807, 2.05) is 12.1 Å². The minimum absolute atomic E-state index is 0. The molecule has 0 aromatic heterocycles. The summed E-state index contributed by atoms with van der Waals surface area (Å²) in [6.07, 6.45) is 0. The van der Waals surface area contributed by atoms with Crippen molar-refractivity contribution in [1.29, 1.82) is 0 Å². The van der Waals surface area contributed by atoms with Crippen molar-refractivity contribution in [2.45, 2.75) is 0 Å². The Labute approximate surface area is 256 Å². The summed E-state index contributed by atoms with van der Waals surface area (Å²) in [4.78, 5) is 2.38. The third-order valence-corrected chi connectivity index (χ3v) is 7.37. The van der Waals surface area contributed by atoms with Crippen molar-refractivity contribution >= 4 is 40.2 Å². The molecule has 1 radical (unpaired) electrons. The van der Waals surface area contributed by atoms with Gasteiger partial charge in [0.25, 0.3) is 0 Å².